The first-order valence-electron chi connectivity index (χ1n) is 10.0. The van der Waals surface area contributed by atoms with Gasteiger partial charge in [-0.2, -0.15) is 0 Å². The highest BCUT2D eigenvalue weighted by Gasteiger charge is 2.34. The number of carbonyl (C=O) groups excluding carboxylic acids is 1. The molecule has 0 radical (unpaired) electrons. The number of aryl methyl sites for hydroxylation is 2. The average Bonchev–Trinajstić information content (AvgIpc) is 3.23. The fourth-order valence-electron chi connectivity index (χ4n) is 4.65. The molecule has 5 rings (SSSR count). The number of fused-ring (bicyclic) bond motifs is 5. The van der Waals surface area contributed by atoms with Crippen LogP contribution in [0.5, 0.6) is 17.2 Å². The average molecular weight is 406 g/mol. The third kappa shape index (κ3) is 2.78. The zero-order valence-corrected chi connectivity index (χ0v) is 17.2. The molecule has 1 atom stereocenters. The second-order valence-electron chi connectivity index (χ2n) is 7.85. The van der Waals surface area contributed by atoms with Crippen LogP contribution in [-0.4, -0.2) is 20.0 Å². The Morgan fingerprint density at radius 3 is 2.37 bits per heavy atom. The predicted molar refractivity (Wildman–Crippen MR) is 111 cm³/mol. The summed E-state index contributed by atoms with van der Waals surface area (Å²) >= 11 is 0. The maximum atomic E-state index is 13.2. The van der Waals surface area contributed by atoms with Crippen molar-refractivity contribution in [2.24, 2.45) is 0 Å². The van der Waals surface area contributed by atoms with Crippen LogP contribution in [0.15, 0.2) is 33.5 Å². The summed E-state index contributed by atoms with van der Waals surface area (Å²) in [5.74, 6) is 1.80. The van der Waals surface area contributed by atoms with Crippen molar-refractivity contribution in [3.8, 4) is 17.2 Å². The fourth-order valence-corrected chi connectivity index (χ4v) is 4.65. The van der Waals surface area contributed by atoms with Crippen molar-refractivity contribution in [3.63, 3.8) is 0 Å². The summed E-state index contributed by atoms with van der Waals surface area (Å²) in [7, 11) is 3.17. The number of rotatable bonds is 3. The van der Waals surface area contributed by atoms with Gasteiger partial charge in [-0.25, -0.2) is 4.79 Å². The molecule has 1 unspecified atom stereocenters. The number of ketones is 1. The molecule has 6 heteroatoms. The van der Waals surface area contributed by atoms with Crippen LogP contribution in [-0.2, 0) is 12.8 Å². The first kappa shape index (κ1) is 18.7. The monoisotopic (exact) mass is 406 g/mol. The predicted octanol–water partition coefficient (Wildman–Crippen LogP) is 4.31. The molecule has 154 valence electrons. The zero-order valence-electron chi connectivity index (χ0n) is 17.2. The SMILES string of the molecule is COc1cc(OC)cc(C2CC(=O)c3c(C)cc4oc(=O)c5c(c4c3O2)CCC5)c1. The van der Waals surface area contributed by atoms with Gasteiger partial charge in [0.15, 0.2) is 5.78 Å². The van der Waals surface area contributed by atoms with Gasteiger partial charge < -0.3 is 18.6 Å². The first-order valence-corrected chi connectivity index (χ1v) is 10.0. The van der Waals surface area contributed by atoms with Crippen molar-refractivity contribution >= 4 is 16.8 Å². The molecule has 2 aromatic carbocycles. The molecule has 0 amide bonds. The van der Waals surface area contributed by atoms with Crippen LogP contribution in [0.3, 0.4) is 0 Å². The van der Waals surface area contributed by atoms with Crippen LogP contribution < -0.4 is 19.8 Å². The standard InChI is InChI=1S/C24H22O6/c1-12-7-20-22(16-5-4-6-17(16)24(26)30-20)23-21(12)18(25)11-19(29-23)13-8-14(27-2)10-15(9-13)28-3/h7-10,19H,4-6,11H2,1-3H3. The minimum absolute atomic E-state index is 0.0142. The molecule has 1 aromatic heterocycles. The number of methoxy groups -OCH3 is 2. The van der Waals surface area contributed by atoms with Crippen molar-refractivity contribution in [2.75, 3.05) is 14.2 Å². The lowest BCUT2D eigenvalue weighted by Crippen LogP contribution is -2.22. The van der Waals surface area contributed by atoms with Gasteiger partial charge in [0, 0.05) is 17.2 Å². The second kappa shape index (κ2) is 6.90. The van der Waals surface area contributed by atoms with E-state index in [1.807, 2.05) is 19.1 Å². The highest BCUT2D eigenvalue weighted by Crippen LogP contribution is 2.45. The first-order chi connectivity index (χ1) is 14.5. The van der Waals surface area contributed by atoms with E-state index in [9.17, 15) is 9.59 Å². The van der Waals surface area contributed by atoms with Crippen molar-refractivity contribution in [1.82, 2.24) is 0 Å². The summed E-state index contributed by atoms with van der Waals surface area (Å²) in [6.45, 7) is 1.85. The van der Waals surface area contributed by atoms with E-state index in [0.717, 1.165) is 34.9 Å². The summed E-state index contributed by atoms with van der Waals surface area (Å²) in [6, 6.07) is 7.27. The van der Waals surface area contributed by atoms with Crippen LogP contribution >= 0.6 is 0 Å². The summed E-state index contributed by atoms with van der Waals surface area (Å²) in [5.41, 5.74) is 3.99. The van der Waals surface area contributed by atoms with Gasteiger partial charge in [0.25, 0.3) is 0 Å². The van der Waals surface area contributed by atoms with E-state index in [1.165, 1.54) is 0 Å². The third-order valence-electron chi connectivity index (χ3n) is 6.07. The van der Waals surface area contributed by atoms with Crippen LogP contribution in [0.2, 0.25) is 0 Å². The lowest BCUT2D eigenvalue weighted by Gasteiger charge is -2.28. The van der Waals surface area contributed by atoms with Gasteiger partial charge in [-0.15, -0.1) is 0 Å². The highest BCUT2D eigenvalue weighted by molar-refractivity contribution is 6.07. The number of hydrogen-bond donors (Lipinski definition) is 0. The molecule has 2 aliphatic rings. The lowest BCUT2D eigenvalue weighted by atomic mass is 9.90. The summed E-state index contributed by atoms with van der Waals surface area (Å²) < 4.78 is 22.8. The van der Waals surface area contributed by atoms with Gasteiger partial charge in [-0.1, -0.05) is 0 Å². The van der Waals surface area contributed by atoms with Crippen LogP contribution in [0.4, 0.5) is 0 Å². The van der Waals surface area contributed by atoms with Crippen molar-refractivity contribution < 1.29 is 23.4 Å². The van der Waals surface area contributed by atoms with E-state index in [4.69, 9.17) is 18.6 Å². The quantitative estimate of drug-likeness (QED) is 0.603. The summed E-state index contributed by atoms with van der Waals surface area (Å²) in [4.78, 5) is 25.6. The molecule has 0 bridgehead atoms. The maximum absolute atomic E-state index is 13.2. The minimum atomic E-state index is -0.483. The molecule has 1 aliphatic heterocycles. The van der Waals surface area contributed by atoms with Gasteiger partial charge in [0.2, 0.25) is 0 Å². The maximum Gasteiger partial charge on any atom is 0.339 e. The number of hydrogen-bond acceptors (Lipinski definition) is 6. The summed E-state index contributed by atoms with van der Waals surface area (Å²) in [5, 5.41) is 0.760. The molecule has 30 heavy (non-hydrogen) atoms. The van der Waals surface area contributed by atoms with Gasteiger partial charge in [0.05, 0.1) is 31.6 Å². The van der Waals surface area contributed by atoms with Gasteiger partial charge >= 0.3 is 5.63 Å². The van der Waals surface area contributed by atoms with E-state index in [2.05, 4.69) is 0 Å². The van der Waals surface area contributed by atoms with Crippen LogP contribution in [0.1, 0.15) is 51.6 Å². The Kier molecular flexibility index (Phi) is 4.31. The molecule has 6 nitrogen and oxygen atoms in total. The molecule has 2 heterocycles. The molecule has 3 aromatic rings. The Balaban J connectivity index is 1.72. The van der Waals surface area contributed by atoms with Crippen LogP contribution in [0.25, 0.3) is 11.0 Å². The van der Waals surface area contributed by atoms with E-state index in [-0.39, 0.29) is 17.8 Å². The zero-order chi connectivity index (χ0) is 21.0. The molecule has 0 spiro atoms. The third-order valence-corrected chi connectivity index (χ3v) is 6.07. The Bertz CT molecular complexity index is 1230. The van der Waals surface area contributed by atoms with E-state index in [0.29, 0.717) is 40.4 Å². The molecule has 0 saturated carbocycles. The Labute approximate surface area is 173 Å². The largest absolute Gasteiger partial charge is 0.497 e. The lowest BCUT2D eigenvalue weighted by molar-refractivity contribution is 0.0851. The van der Waals surface area contributed by atoms with Gasteiger partial charge in [-0.05, 0) is 55.5 Å². The molecule has 0 N–H and O–H groups in total. The smallest absolute Gasteiger partial charge is 0.339 e. The molecule has 1 aliphatic carbocycles. The van der Waals surface area contributed by atoms with Crippen molar-refractivity contribution in [3.05, 3.63) is 62.5 Å². The minimum Gasteiger partial charge on any atom is -0.497 e. The number of Topliss-reactive ketones (excluding diaryl/α,β-unsaturated/α-hetero) is 1. The van der Waals surface area contributed by atoms with E-state index >= 15 is 0 Å². The number of carbonyl (C=O) groups is 1. The van der Waals surface area contributed by atoms with E-state index in [1.54, 1.807) is 26.4 Å². The van der Waals surface area contributed by atoms with Gasteiger partial charge in [-0.3, -0.25) is 4.79 Å². The van der Waals surface area contributed by atoms with Crippen molar-refractivity contribution in [2.45, 2.75) is 38.7 Å². The Hall–Kier alpha value is -3.28. The summed E-state index contributed by atoms with van der Waals surface area (Å²) in [6.07, 6.45) is 2.10. The molecular formula is C24H22O6. The fraction of sp³-hybridized carbons (Fsp3) is 0.333. The number of benzene rings is 2. The molecule has 0 fully saturated rings. The Morgan fingerprint density at radius 1 is 0.967 bits per heavy atom. The molecule has 0 saturated heterocycles. The number of ether oxygens (including phenoxy) is 3. The normalized spacial score (nSPS) is 17.4. The highest BCUT2D eigenvalue weighted by atomic mass is 16.5. The second-order valence-corrected chi connectivity index (χ2v) is 7.85. The van der Waals surface area contributed by atoms with Gasteiger partial charge in [0.1, 0.15) is 28.9 Å². The topological polar surface area (TPSA) is 75.0 Å². The van der Waals surface area contributed by atoms with Crippen LogP contribution in [0, 0.1) is 6.92 Å². The molecular weight excluding hydrogens is 384 g/mol. The van der Waals surface area contributed by atoms with E-state index < -0.39 is 6.10 Å². The Morgan fingerprint density at radius 2 is 1.67 bits per heavy atom. The van der Waals surface area contributed by atoms with Crippen molar-refractivity contribution in [1.29, 1.82) is 0 Å².